The fourth-order valence-corrected chi connectivity index (χ4v) is 4.04. The lowest BCUT2D eigenvalue weighted by molar-refractivity contribution is 0.135. The van der Waals surface area contributed by atoms with E-state index in [0.29, 0.717) is 30.8 Å². The van der Waals surface area contributed by atoms with Crippen LogP contribution in [-0.2, 0) is 4.74 Å². The zero-order valence-electron chi connectivity index (χ0n) is 16.5. The van der Waals surface area contributed by atoms with Gasteiger partial charge in [0.2, 0.25) is 0 Å². The Balaban J connectivity index is 1.48. The van der Waals surface area contributed by atoms with Crippen LogP contribution < -0.4 is 20.1 Å². The van der Waals surface area contributed by atoms with E-state index < -0.39 is 0 Å². The van der Waals surface area contributed by atoms with Crippen LogP contribution in [0.25, 0.3) is 0 Å². The Morgan fingerprint density at radius 1 is 1.32 bits per heavy atom. The van der Waals surface area contributed by atoms with E-state index in [0.717, 1.165) is 44.9 Å². The second kappa shape index (κ2) is 8.84. The number of pyridine rings is 1. The lowest BCUT2D eigenvalue weighted by Crippen LogP contribution is -2.47. The molecule has 3 aliphatic rings. The normalized spacial score (nSPS) is 25.0. The second-order valence-electron chi connectivity index (χ2n) is 7.53. The van der Waals surface area contributed by atoms with Crippen molar-refractivity contribution in [2.45, 2.75) is 31.4 Å². The molecule has 0 spiro atoms. The van der Waals surface area contributed by atoms with Crippen LogP contribution in [0.1, 0.15) is 19.3 Å². The molecule has 7 heteroatoms. The summed E-state index contributed by atoms with van der Waals surface area (Å²) < 4.78 is 16.9. The molecule has 3 aliphatic heterocycles. The van der Waals surface area contributed by atoms with E-state index in [9.17, 15) is 0 Å². The highest BCUT2D eigenvalue weighted by atomic mass is 16.6. The summed E-state index contributed by atoms with van der Waals surface area (Å²) in [5.41, 5.74) is 7.00. The summed E-state index contributed by atoms with van der Waals surface area (Å²) in [6, 6.07) is 4.43. The molecule has 2 atom stereocenters. The van der Waals surface area contributed by atoms with Gasteiger partial charge in [-0.2, -0.15) is 4.98 Å². The van der Waals surface area contributed by atoms with Crippen molar-refractivity contribution in [3.63, 3.8) is 0 Å². The van der Waals surface area contributed by atoms with E-state index in [-0.39, 0.29) is 6.10 Å². The fourth-order valence-electron chi connectivity index (χ4n) is 4.04. The molecule has 1 aromatic heterocycles. The Hall–Kier alpha value is -2.25. The number of methoxy groups -OCH3 is 1. The highest BCUT2D eigenvalue weighted by Crippen LogP contribution is 2.31. The number of hydrogen-bond donors (Lipinski definition) is 1. The first-order chi connectivity index (χ1) is 13.8. The van der Waals surface area contributed by atoms with Gasteiger partial charge in [0.25, 0.3) is 5.88 Å². The van der Waals surface area contributed by atoms with E-state index in [2.05, 4.69) is 28.2 Å². The highest BCUT2D eigenvalue weighted by Gasteiger charge is 2.26. The molecule has 4 heterocycles. The monoisotopic (exact) mass is 386 g/mol. The number of piperidine rings is 1. The Morgan fingerprint density at radius 3 is 3.04 bits per heavy atom. The summed E-state index contributed by atoms with van der Waals surface area (Å²) in [5.74, 6) is 2.17. The van der Waals surface area contributed by atoms with Gasteiger partial charge in [0.1, 0.15) is 11.9 Å². The molecule has 2 fully saturated rings. The number of aromatic nitrogens is 1. The van der Waals surface area contributed by atoms with Crippen molar-refractivity contribution >= 4 is 5.82 Å². The number of ether oxygens (including phenoxy) is 3. The average Bonchev–Trinajstić information content (AvgIpc) is 3.27. The molecule has 0 radical (unpaired) electrons. The van der Waals surface area contributed by atoms with Crippen molar-refractivity contribution in [3.05, 3.63) is 36.1 Å². The Morgan fingerprint density at radius 2 is 2.25 bits per heavy atom. The topological polar surface area (TPSA) is 73.1 Å². The second-order valence-corrected chi connectivity index (χ2v) is 7.53. The largest absolute Gasteiger partial charge is 0.491 e. The van der Waals surface area contributed by atoms with Crippen LogP contribution in [-0.4, -0.2) is 68.5 Å². The van der Waals surface area contributed by atoms with Gasteiger partial charge in [-0.05, 0) is 30.5 Å². The lowest BCUT2D eigenvalue weighted by atomic mass is 10.0. The zero-order chi connectivity index (χ0) is 19.3. The SMILES string of the molecule is COc1ccc(N2CCCC(N3C=C(CN)C=CC3)C2)nc1OC1CCOC1. The van der Waals surface area contributed by atoms with E-state index in [4.69, 9.17) is 24.9 Å². The van der Waals surface area contributed by atoms with Crippen molar-refractivity contribution in [2.24, 2.45) is 5.73 Å². The van der Waals surface area contributed by atoms with Crippen molar-refractivity contribution in [3.8, 4) is 11.6 Å². The van der Waals surface area contributed by atoms with Gasteiger partial charge in [-0.3, -0.25) is 0 Å². The minimum atomic E-state index is 0.0470. The van der Waals surface area contributed by atoms with Gasteiger partial charge < -0.3 is 29.7 Å². The molecule has 0 bridgehead atoms. The number of nitrogens with zero attached hydrogens (tertiary/aromatic N) is 3. The minimum absolute atomic E-state index is 0.0470. The van der Waals surface area contributed by atoms with Crippen LogP contribution in [0.3, 0.4) is 0 Å². The summed E-state index contributed by atoms with van der Waals surface area (Å²) in [5, 5.41) is 0. The maximum Gasteiger partial charge on any atom is 0.259 e. The number of hydrogen-bond acceptors (Lipinski definition) is 7. The van der Waals surface area contributed by atoms with Gasteiger partial charge in [-0.25, -0.2) is 0 Å². The number of rotatable bonds is 6. The van der Waals surface area contributed by atoms with Crippen LogP contribution in [0.5, 0.6) is 11.6 Å². The van der Waals surface area contributed by atoms with Crippen molar-refractivity contribution in [1.82, 2.24) is 9.88 Å². The van der Waals surface area contributed by atoms with Gasteiger partial charge >= 0.3 is 0 Å². The molecular formula is C21H30N4O3. The predicted molar refractivity (Wildman–Crippen MR) is 109 cm³/mol. The molecule has 0 aromatic carbocycles. The lowest BCUT2D eigenvalue weighted by Gasteiger charge is -2.40. The van der Waals surface area contributed by atoms with Gasteiger partial charge in [0.05, 0.1) is 20.3 Å². The van der Waals surface area contributed by atoms with Gasteiger partial charge in [-0.15, -0.1) is 0 Å². The van der Waals surface area contributed by atoms with Gasteiger partial charge in [0, 0.05) is 44.8 Å². The van der Waals surface area contributed by atoms with Crippen LogP contribution in [0, 0.1) is 0 Å². The van der Waals surface area contributed by atoms with Crippen molar-refractivity contribution < 1.29 is 14.2 Å². The summed E-state index contributed by atoms with van der Waals surface area (Å²) in [7, 11) is 1.65. The summed E-state index contributed by atoms with van der Waals surface area (Å²) in [4.78, 5) is 9.55. The molecule has 0 amide bonds. The third-order valence-corrected chi connectivity index (χ3v) is 5.60. The molecule has 4 rings (SSSR count). The Bertz CT molecular complexity index is 730. The van der Waals surface area contributed by atoms with Crippen LogP contribution in [0.4, 0.5) is 5.82 Å². The van der Waals surface area contributed by atoms with Crippen LogP contribution in [0.2, 0.25) is 0 Å². The van der Waals surface area contributed by atoms with Crippen LogP contribution in [0.15, 0.2) is 36.1 Å². The highest BCUT2D eigenvalue weighted by molar-refractivity contribution is 5.47. The summed E-state index contributed by atoms with van der Waals surface area (Å²) in [6.45, 7) is 4.80. The standard InChI is InChI=1S/C21H30N4O3/c1-26-19-6-7-20(23-21(19)28-18-8-11-27-15-18)25-10-3-5-17(14-25)24-9-2-4-16(12-22)13-24/h2,4,6-7,13,17-18H,3,5,8-12,14-15,22H2,1H3. The van der Waals surface area contributed by atoms with Crippen molar-refractivity contribution in [1.29, 1.82) is 0 Å². The molecule has 28 heavy (non-hydrogen) atoms. The molecule has 2 N–H and O–H groups in total. The molecule has 0 aliphatic carbocycles. The summed E-state index contributed by atoms with van der Waals surface area (Å²) in [6.07, 6.45) is 9.78. The van der Waals surface area contributed by atoms with E-state index in [1.807, 2.05) is 12.1 Å². The molecule has 152 valence electrons. The molecule has 7 nitrogen and oxygen atoms in total. The van der Waals surface area contributed by atoms with Crippen LogP contribution >= 0.6 is 0 Å². The maximum atomic E-state index is 6.07. The molecular weight excluding hydrogens is 356 g/mol. The Labute approximate surface area is 166 Å². The maximum absolute atomic E-state index is 6.07. The molecule has 1 aromatic rings. The smallest absolute Gasteiger partial charge is 0.259 e. The van der Waals surface area contributed by atoms with E-state index >= 15 is 0 Å². The molecule has 2 unspecified atom stereocenters. The zero-order valence-corrected chi connectivity index (χ0v) is 16.5. The minimum Gasteiger partial charge on any atom is -0.491 e. The van der Waals surface area contributed by atoms with E-state index in [1.54, 1.807) is 7.11 Å². The third kappa shape index (κ3) is 4.25. The number of anilines is 1. The molecule has 0 saturated carbocycles. The van der Waals surface area contributed by atoms with E-state index in [1.165, 1.54) is 12.0 Å². The first-order valence-corrected chi connectivity index (χ1v) is 10.1. The Kier molecular flexibility index (Phi) is 6.02. The third-order valence-electron chi connectivity index (χ3n) is 5.60. The average molecular weight is 386 g/mol. The van der Waals surface area contributed by atoms with Gasteiger partial charge in [0.15, 0.2) is 5.75 Å². The fraction of sp³-hybridized carbons (Fsp3) is 0.571. The summed E-state index contributed by atoms with van der Waals surface area (Å²) >= 11 is 0. The predicted octanol–water partition coefficient (Wildman–Crippen LogP) is 1.94. The van der Waals surface area contributed by atoms with Gasteiger partial charge in [-0.1, -0.05) is 12.2 Å². The van der Waals surface area contributed by atoms with Crippen molar-refractivity contribution in [2.75, 3.05) is 51.4 Å². The first kappa shape index (κ1) is 19.1. The quantitative estimate of drug-likeness (QED) is 0.801. The number of nitrogens with two attached hydrogens (primary N) is 1. The molecule has 2 saturated heterocycles. The first-order valence-electron chi connectivity index (χ1n) is 10.1.